The van der Waals surface area contributed by atoms with Gasteiger partial charge in [0.1, 0.15) is 0 Å². The molecule has 1 atom stereocenters. The average molecular weight is 338 g/mol. The van der Waals surface area contributed by atoms with Crippen LogP contribution < -0.4 is 0 Å². The summed E-state index contributed by atoms with van der Waals surface area (Å²) in [4.78, 5) is 0. The fraction of sp³-hybridized carbons (Fsp3) is 0.294. The van der Waals surface area contributed by atoms with Crippen LogP contribution in [-0.2, 0) is 6.42 Å². The highest BCUT2D eigenvalue weighted by molar-refractivity contribution is 9.10. The van der Waals surface area contributed by atoms with Crippen LogP contribution in [0.5, 0.6) is 0 Å². The van der Waals surface area contributed by atoms with Gasteiger partial charge in [-0.3, -0.25) is 0 Å². The molecule has 0 radical (unpaired) electrons. The van der Waals surface area contributed by atoms with Gasteiger partial charge in [-0.05, 0) is 54.7 Å². The Hall–Kier alpha value is -0.790. The summed E-state index contributed by atoms with van der Waals surface area (Å²) in [6.07, 6.45) is 0.987. The van der Waals surface area contributed by atoms with Crippen LogP contribution in [0, 0.1) is 13.8 Å². The number of hydrogen-bond donors (Lipinski definition) is 0. The van der Waals surface area contributed by atoms with Gasteiger partial charge in [0.25, 0.3) is 0 Å². The smallest absolute Gasteiger partial charge is 0.0295 e. The first-order chi connectivity index (χ1) is 9.10. The molecular weight excluding hydrogens is 320 g/mol. The van der Waals surface area contributed by atoms with E-state index in [-0.39, 0.29) is 0 Å². The summed E-state index contributed by atoms with van der Waals surface area (Å²) in [6, 6.07) is 15.1. The minimum atomic E-state index is 0.362. The van der Waals surface area contributed by atoms with E-state index in [0.717, 1.165) is 10.9 Å². The monoisotopic (exact) mass is 336 g/mol. The summed E-state index contributed by atoms with van der Waals surface area (Å²) in [7, 11) is 0. The van der Waals surface area contributed by atoms with E-state index in [0.29, 0.717) is 11.8 Å². The van der Waals surface area contributed by atoms with Crippen molar-refractivity contribution in [3.05, 3.63) is 69.2 Å². The first kappa shape index (κ1) is 14.6. The molecule has 0 aliphatic rings. The highest BCUT2D eigenvalue weighted by Gasteiger charge is 2.12. The first-order valence-corrected chi connectivity index (χ1v) is 7.80. The molecule has 0 aliphatic carbocycles. The van der Waals surface area contributed by atoms with Crippen LogP contribution in [0.3, 0.4) is 0 Å². The Balaban J connectivity index is 2.21. The van der Waals surface area contributed by atoms with E-state index < -0.39 is 0 Å². The van der Waals surface area contributed by atoms with Crippen molar-refractivity contribution in [2.24, 2.45) is 0 Å². The number of hydrogen-bond acceptors (Lipinski definition) is 0. The normalized spacial score (nSPS) is 12.4. The van der Waals surface area contributed by atoms with Gasteiger partial charge in [0.05, 0.1) is 0 Å². The third-order valence-corrected chi connectivity index (χ3v) is 4.43. The van der Waals surface area contributed by atoms with Crippen molar-refractivity contribution in [2.75, 3.05) is 5.88 Å². The number of alkyl halides is 1. The number of halogens is 2. The molecule has 0 fully saturated rings. The molecule has 2 heteroatoms. The maximum Gasteiger partial charge on any atom is 0.0295 e. The Morgan fingerprint density at radius 1 is 1.05 bits per heavy atom. The quantitative estimate of drug-likeness (QED) is 0.634. The van der Waals surface area contributed by atoms with Crippen molar-refractivity contribution < 1.29 is 0 Å². The number of aryl methyl sites for hydroxylation is 2. The Bertz CT molecular complexity index is 563. The summed E-state index contributed by atoms with van der Waals surface area (Å²) < 4.78 is 1.11. The standard InChI is InChI=1S/C17H18BrCl/c1-12-6-7-14(8-13(12)2)9-16(11-19)15-4-3-5-17(18)10-15/h3-8,10,16H,9,11H2,1-2H3. The maximum absolute atomic E-state index is 6.16. The van der Waals surface area contributed by atoms with Crippen molar-refractivity contribution in [2.45, 2.75) is 26.2 Å². The highest BCUT2D eigenvalue weighted by atomic mass is 79.9. The minimum absolute atomic E-state index is 0.362. The molecule has 0 spiro atoms. The third-order valence-electron chi connectivity index (χ3n) is 3.56. The molecule has 0 saturated carbocycles. The van der Waals surface area contributed by atoms with Gasteiger partial charge in [0.2, 0.25) is 0 Å². The Labute approximate surface area is 128 Å². The molecule has 2 rings (SSSR count). The molecule has 0 aromatic heterocycles. The minimum Gasteiger partial charge on any atom is -0.126 e. The molecule has 100 valence electrons. The summed E-state index contributed by atoms with van der Waals surface area (Å²) in [5.41, 5.74) is 5.34. The maximum atomic E-state index is 6.16. The molecule has 0 N–H and O–H groups in total. The largest absolute Gasteiger partial charge is 0.126 e. The Morgan fingerprint density at radius 2 is 1.84 bits per heavy atom. The summed E-state index contributed by atoms with van der Waals surface area (Å²) >= 11 is 9.68. The second-order valence-electron chi connectivity index (χ2n) is 5.03. The zero-order valence-electron chi connectivity index (χ0n) is 11.3. The summed E-state index contributed by atoms with van der Waals surface area (Å²) in [6.45, 7) is 4.31. The van der Waals surface area contributed by atoms with Crippen LogP contribution in [0.2, 0.25) is 0 Å². The van der Waals surface area contributed by atoms with E-state index in [1.165, 1.54) is 22.3 Å². The van der Waals surface area contributed by atoms with Gasteiger partial charge in [-0.2, -0.15) is 0 Å². The molecular formula is C17H18BrCl. The SMILES string of the molecule is Cc1ccc(CC(CCl)c2cccc(Br)c2)cc1C. The topological polar surface area (TPSA) is 0 Å². The highest BCUT2D eigenvalue weighted by Crippen LogP contribution is 2.25. The van der Waals surface area contributed by atoms with E-state index in [9.17, 15) is 0 Å². The van der Waals surface area contributed by atoms with Crippen LogP contribution in [-0.4, -0.2) is 5.88 Å². The lowest BCUT2D eigenvalue weighted by Gasteiger charge is -2.15. The van der Waals surface area contributed by atoms with E-state index in [2.05, 4.69) is 66.2 Å². The summed E-state index contributed by atoms with van der Waals surface area (Å²) in [5, 5.41) is 0. The number of benzene rings is 2. The van der Waals surface area contributed by atoms with Crippen molar-refractivity contribution in [3.8, 4) is 0 Å². The predicted octanol–water partition coefficient (Wildman–Crippen LogP) is 5.63. The van der Waals surface area contributed by atoms with Crippen LogP contribution in [0.25, 0.3) is 0 Å². The molecule has 0 bridgehead atoms. The van der Waals surface area contributed by atoms with Gasteiger partial charge in [-0.15, -0.1) is 11.6 Å². The molecule has 0 aliphatic heterocycles. The predicted molar refractivity (Wildman–Crippen MR) is 87.2 cm³/mol. The van der Waals surface area contributed by atoms with E-state index in [1.807, 2.05) is 6.07 Å². The molecule has 0 heterocycles. The Kier molecular flexibility index (Phi) is 5.06. The van der Waals surface area contributed by atoms with Crippen molar-refractivity contribution in [1.29, 1.82) is 0 Å². The zero-order chi connectivity index (χ0) is 13.8. The van der Waals surface area contributed by atoms with Gasteiger partial charge >= 0.3 is 0 Å². The Morgan fingerprint density at radius 3 is 2.47 bits per heavy atom. The lowest BCUT2D eigenvalue weighted by molar-refractivity contribution is 0.765. The van der Waals surface area contributed by atoms with E-state index in [1.54, 1.807) is 0 Å². The van der Waals surface area contributed by atoms with Gasteiger partial charge in [0, 0.05) is 16.3 Å². The van der Waals surface area contributed by atoms with Gasteiger partial charge < -0.3 is 0 Å². The van der Waals surface area contributed by atoms with Gasteiger partial charge in [-0.25, -0.2) is 0 Å². The van der Waals surface area contributed by atoms with Gasteiger partial charge in [-0.1, -0.05) is 46.3 Å². The molecule has 2 aromatic rings. The first-order valence-electron chi connectivity index (χ1n) is 6.47. The molecule has 0 amide bonds. The third kappa shape index (κ3) is 3.84. The van der Waals surface area contributed by atoms with Crippen LogP contribution >= 0.6 is 27.5 Å². The van der Waals surface area contributed by atoms with Crippen molar-refractivity contribution in [1.82, 2.24) is 0 Å². The second kappa shape index (κ2) is 6.58. The fourth-order valence-corrected chi connectivity index (χ4v) is 2.94. The lowest BCUT2D eigenvalue weighted by atomic mass is 9.92. The molecule has 0 nitrogen and oxygen atoms in total. The lowest BCUT2D eigenvalue weighted by Crippen LogP contribution is -2.05. The van der Waals surface area contributed by atoms with Crippen LogP contribution in [0.4, 0.5) is 0 Å². The summed E-state index contributed by atoms with van der Waals surface area (Å²) in [5.74, 6) is 1.00. The molecule has 0 saturated heterocycles. The van der Waals surface area contributed by atoms with Gasteiger partial charge in [0.15, 0.2) is 0 Å². The molecule has 19 heavy (non-hydrogen) atoms. The number of rotatable bonds is 4. The molecule has 2 aromatic carbocycles. The van der Waals surface area contributed by atoms with Crippen LogP contribution in [0.15, 0.2) is 46.9 Å². The van der Waals surface area contributed by atoms with Crippen LogP contribution in [0.1, 0.15) is 28.2 Å². The van der Waals surface area contributed by atoms with Crippen molar-refractivity contribution in [3.63, 3.8) is 0 Å². The molecule has 1 unspecified atom stereocenters. The van der Waals surface area contributed by atoms with E-state index in [4.69, 9.17) is 11.6 Å². The second-order valence-corrected chi connectivity index (χ2v) is 6.25. The van der Waals surface area contributed by atoms with Crippen molar-refractivity contribution >= 4 is 27.5 Å². The average Bonchev–Trinajstić information content (AvgIpc) is 2.40. The van der Waals surface area contributed by atoms with E-state index >= 15 is 0 Å². The fourth-order valence-electron chi connectivity index (χ4n) is 2.24. The zero-order valence-corrected chi connectivity index (χ0v) is 13.6.